The molecule has 0 spiro atoms. The van der Waals surface area contributed by atoms with Crippen molar-refractivity contribution < 1.29 is 9.47 Å². The summed E-state index contributed by atoms with van der Waals surface area (Å²) in [5.74, 6) is 1.41. The van der Waals surface area contributed by atoms with Gasteiger partial charge in [-0.1, -0.05) is 66.7 Å². The number of hydrogen-bond acceptors (Lipinski definition) is 6. The molecular formula is C32H35N5O4. The summed E-state index contributed by atoms with van der Waals surface area (Å²) in [6.45, 7) is 4.21. The minimum absolute atomic E-state index is 0.162. The summed E-state index contributed by atoms with van der Waals surface area (Å²) < 4.78 is 16.7. The average Bonchev–Trinajstić information content (AvgIpc) is 3.42. The van der Waals surface area contributed by atoms with E-state index < -0.39 is 0 Å². The lowest BCUT2D eigenvalue weighted by Crippen LogP contribution is -2.38. The molecule has 1 N–H and O–H groups in total. The predicted molar refractivity (Wildman–Crippen MR) is 159 cm³/mol. The van der Waals surface area contributed by atoms with E-state index in [4.69, 9.17) is 9.47 Å². The smallest absolute Gasteiger partial charge is 0.332 e. The van der Waals surface area contributed by atoms with E-state index >= 15 is 0 Å². The largest absolute Gasteiger partial charge is 0.485 e. The lowest BCUT2D eigenvalue weighted by Gasteiger charge is -2.17. The standard InChI is InChI=1S/C32H35N5O4/c1-23(33-16-17-37-22-34-30-29(37)31(38)36(3)32(39)35(30)2)18-26-14-15-27(40-20-24-10-6-4-7-11-24)28(19-26)41-21-25-12-8-5-9-13-25/h4-15,19,22-23,33H,16-18,20-21H2,1-3H3. The average molecular weight is 554 g/mol. The van der Waals surface area contributed by atoms with Gasteiger partial charge in [0.1, 0.15) is 13.2 Å². The van der Waals surface area contributed by atoms with Crippen LogP contribution >= 0.6 is 0 Å². The number of benzene rings is 3. The lowest BCUT2D eigenvalue weighted by molar-refractivity contribution is 0.255. The molecule has 3 aromatic carbocycles. The van der Waals surface area contributed by atoms with Crippen molar-refractivity contribution in [2.45, 2.75) is 39.1 Å². The van der Waals surface area contributed by atoms with Crippen LogP contribution in [0.1, 0.15) is 23.6 Å². The van der Waals surface area contributed by atoms with E-state index in [1.807, 2.05) is 66.7 Å². The molecule has 0 saturated heterocycles. The Kier molecular flexibility index (Phi) is 8.64. The highest BCUT2D eigenvalue weighted by atomic mass is 16.5. The molecule has 0 saturated carbocycles. The van der Waals surface area contributed by atoms with Crippen molar-refractivity contribution in [2.75, 3.05) is 6.54 Å². The van der Waals surface area contributed by atoms with Crippen LogP contribution in [0.15, 0.2) is 94.8 Å². The summed E-state index contributed by atoms with van der Waals surface area (Å²) in [7, 11) is 3.11. The first-order valence-electron chi connectivity index (χ1n) is 13.7. The zero-order chi connectivity index (χ0) is 28.8. The Labute approximate surface area is 238 Å². The molecule has 2 heterocycles. The van der Waals surface area contributed by atoms with Gasteiger partial charge in [0.25, 0.3) is 5.56 Å². The summed E-state index contributed by atoms with van der Waals surface area (Å²) in [6, 6.07) is 26.4. The van der Waals surface area contributed by atoms with Crippen LogP contribution in [0.3, 0.4) is 0 Å². The van der Waals surface area contributed by atoms with Gasteiger partial charge in [0, 0.05) is 33.2 Å². The van der Waals surface area contributed by atoms with Crippen molar-refractivity contribution in [2.24, 2.45) is 14.1 Å². The molecule has 0 radical (unpaired) electrons. The van der Waals surface area contributed by atoms with Crippen LogP contribution in [0.2, 0.25) is 0 Å². The molecule has 9 nitrogen and oxygen atoms in total. The first kappa shape index (κ1) is 27.9. The molecule has 0 amide bonds. The number of fused-ring (bicyclic) bond motifs is 1. The fourth-order valence-electron chi connectivity index (χ4n) is 4.81. The molecule has 212 valence electrons. The van der Waals surface area contributed by atoms with Crippen molar-refractivity contribution in [1.82, 2.24) is 24.0 Å². The number of rotatable bonds is 12. The number of imidazole rings is 1. The number of nitrogens with zero attached hydrogens (tertiary/aromatic N) is 4. The molecule has 0 aliphatic rings. The van der Waals surface area contributed by atoms with Crippen molar-refractivity contribution in [1.29, 1.82) is 0 Å². The number of aromatic nitrogens is 4. The second-order valence-corrected chi connectivity index (χ2v) is 10.2. The maximum absolute atomic E-state index is 12.7. The highest BCUT2D eigenvalue weighted by Crippen LogP contribution is 2.30. The van der Waals surface area contributed by atoms with Gasteiger partial charge in [-0.2, -0.15) is 0 Å². The van der Waals surface area contributed by atoms with Crippen LogP contribution in [0, 0.1) is 0 Å². The first-order chi connectivity index (χ1) is 19.9. The molecular weight excluding hydrogens is 518 g/mol. The summed E-state index contributed by atoms with van der Waals surface area (Å²) in [5, 5.41) is 3.53. The number of aryl methyl sites for hydroxylation is 1. The van der Waals surface area contributed by atoms with E-state index in [9.17, 15) is 9.59 Å². The molecule has 2 aromatic heterocycles. The van der Waals surface area contributed by atoms with E-state index in [1.54, 1.807) is 17.9 Å². The second-order valence-electron chi connectivity index (χ2n) is 10.2. The highest BCUT2D eigenvalue weighted by molar-refractivity contribution is 5.69. The zero-order valence-electron chi connectivity index (χ0n) is 23.6. The van der Waals surface area contributed by atoms with Crippen molar-refractivity contribution in [3.8, 4) is 11.5 Å². The van der Waals surface area contributed by atoms with Gasteiger partial charge in [0.15, 0.2) is 22.7 Å². The third kappa shape index (κ3) is 6.58. The molecule has 5 rings (SSSR count). The van der Waals surface area contributed by atoms with Gasteiger partial charge < -0.3 is 19.4 Å². The van der Waals surface area contributed by atoms with Crippen molar-refractivity contribution in [3.05, 3.63) is 123 Å². The van der Waals surface area contributed by atoms with Crippen LogP contribution < -0.4 is 26.0 Å². The molecule has 1 unspecified atom stereocenters. The van der Waals surface area contributed by atoms with Gasteiger partial charge in [-0.25, -0.2) is 9.78 Å². The summed E-state index contributed by atoms with van der Waals surface area (Å²) >= 11 is 0. The van der Waals surface area contributed by atoms with Crippen molar-refractivity contribution in [3.63, 3.8) is 0 Å². The third-order valence-electron chi connectivity index (χ3n) is 7.09. The number of hydrogen-bond donors (Lipinski definition) is 1. The summed E-state index contributed by atoms with van der Waals surface area (Å²) in [6.07, 6.45) is 2.39. The van der Waals surface area contributed by atoms with E-state index in [1.165, 1.54) is 11.6 Å². The minimum atomic E-state index is -0.386. The molecule has 9 heteroatoms. The quantitative estimate of drug-likeness (QED) is 0.253. The van der Waals surface area contributed by atoms with Crippen LogP contribution in [0.5, 0.6) is 11.5 Å². The molecule has 0 bridgehead atoms. The van der Waals surface area contributed by atoms with Crippen LogP contribution in [-0.4, -0.2) is 31.3 Å². The Morgan fingerprint density at radius 3 is 2.10 bits per heavy atom. The number of nitrogens with one attached hydrogen (secondary N) is 1. The summed E-state index contributed by atoms with van der Waals surface area (Å²) in [4.78, 5) is 29.2. The topological polar surface area (TPSA) is 92.3 Å². The molecule has 0 aliphatic heterocycles. The van der Waals surface area contributed by atoms with E-state index in [0.717, 1.165) is 27.7 Å². The molecule has 41 heavy (non-hydrogen) atoms. The van der Waals surface area contributed by atoms with Gasteiger partial charge in [-0.15, -0.1) is 0 Å². The maximum Gasteiger partial charge on any atom is 0.332 e. The van der Waals surface area contributed by atoms with Gasteiger partial charge in [0.2, 0.25) is 0 Å². The molecule has 0 fully saturated rings. The fraction of sp³-hybridized carbons (Fsp3) is 0.281. The Morgan fingerprint density at radius 2 is 1.44 bits per heavy atom. The van der Waals surface area contributed by atoms with Crippen LogP contribution in [0.25, 0.3) is 11.2 Å². The van der Waals surface area contributed by atoms with Gasteiger partial charge in [-0.05, 0) is 42.2 Å². The zero-order valence-corrected chi connectivity index (χ0v) is 23.6. The Bertz CT molecular complexity index is 1720. The van der Waals surface area contributed by atoms with Crippen molar-refractivity contribution >= 4 is 11.2 Å². The SMILES string of the molecule is CC(Cc1ccc(OCc2ccccc2)c(OCc2ccccc2)c1)NCCn1cnc2c1c(=O)n(C)c(=O)n2C. The van der Waals surface area contributed by atoms with Gasteiger partial charge >= 0.3 is 5.69 Å². The normalized spacial score (nSPS) is 12.0. The second kappa shape index (κ2) is 12.7. The summed E-state index contributed by atoms with van der Waals surface area (Å²) in [5.41, 5.74) is 3.39. The van der Waals surface area contributed by atoms with Gasteiger partial charge in [0.05, 0.1) is 6.33 Å². The Morgan fingerprint density at radius 1 is 0.805 bits per heavy atom. The van der Waals surface area contributed by atoms with Crippen LogP contribution in [-0.2, 0) is 40.3 Å². The fourth-order valence-corrected chi connectivity index (χ4v) is 4.81. The van der Waals surface area contributed by atoms with Crippen LogP contribution in [0.4, 0.5) is 0 Å². The third-order valence-corrected chi connectivity index (χ3v) is 7.09. The Balaban J connectivity index is 1.24. The Hall–Kier alpha value is -4.63. The molecule has 1 atom stereocenters. The predicted octanol–water partition coefficient (Wildman–Crippen LogP) is 3.81. The minimum Gasteiger partial charge on any atom is -0.485 e. The monoisotopic (exact) mass is 553 g/mol. The maximum atomic E-state index is 12.7. The first-order valence-corrected chi connectivity index (χ1v) is 13.7. The lowest BCUT2D eigenvalue weighted by atomic mass is 10.1. The van der Waals surface area contributed by atoms with E-state index in [-0.39, 0.29) is 17.3 Å². The highest BCUT2D eigenvalue weighted by Gasteiger charge is 2.15. The van der Waals surface area contributed by atoms with E-state index in [2.05, 4.69) is 29.4 Å². The molecule has 5 aromatic rings. The molecule has 0 aliphatic carbocycles. The van der Waals surface area contributed by atoms with Gasteiger partial charge in [-0.3, -0.25) is 13.9 Å². The number of ether oxygens (including phenoxy) is 2. The van der Waals surface area contributed by atoms with E-state index in [0.29, 0.717) is 49.0 Å².